The minimum absolute atomic E-state index is 0.574. The van der Waals surface area contributed by atoms with Crippen LogP contribution in [-0.2, 0) is 0 Å². The van der Waals surface area contributed by atoms with E-state index < -0.39 is 0 Å². The lowest BCUT2D eigenvalue weighted by molar-refractivity contribution is 0.496. The molecule has 0 aliphatic carbocycles. The number of aryl methyl sites for hydroxylation is 1. The second-order valence-corrected chi connectivity index (χ2v) is 7.58. The first kappa shape index (κ1) is 22.0. The minimum atomic E-state index is 0.574. The van der Waals surface area contributed by atoms with Crippen LogP contribution in [0.1, 0.15) is 23.2 Å². The number of hydrogen-bond donors (Lipinski definition) is 2. The van der Waals surface area contributed by atoms with Gasteiger partial charge in [0.15, 0.2) is 0 Å². The summed E-state index contributed by atoms with van der Waals surface area (Å²) in [5.41, 5.74) is 4.22. The zero-order chi connectivity index (χ0) is 20.2. The Morgan fingerprint density at radius 3 is 2.71 bits per heavy atom. The highest BCUT2D eigenvalue weighted by molar-refractivity contribution is 8.02. The molecule has 0 spiro atoms. The number of thioether (sulfide) groups is 1. The summed E-state index contributed by atoms with van der Waals surface area (Å²) < 4.78 is 0. The molecule has 8 heteroatoms. The summed E-state index contributed by atoms with van der Waals surface area (Å²) in [4.78, 5) is 12.4. The first-order chi connectivity index (χ1) is 13.7. The Kier molecular flexibility index (Phi) is 9.59. The van der Waals surface area contributed by atoms with Gasteiger partial charge in [-0.2, -0.15) is 5.26 Å². The lowest BCUT2D eigenvalue weighted by Crippen LogP contribution is -2.37. The quantitative estimate of drug-likeness (QED) is 0.555. The van der Waals surface area contributed by atoms with Crippen LogP contribution in [0.25, 0.3) is 16.3 Å². The molecule has 0 unspecified atom stereocenters. The van der Waals surface area contributed by atoms with Crippen LogP contribution in [-0.4, -0.2) is 44.1 Å². The van der Waals surface area contributed by atoms with Crippen molar-refractivity contribution in [3.63, 3.8) is 0 Å². The molecule has 1 aromatic carbocycles. The van der Waals surface area contributed by atoms with Crippen molar-refractivity contribution in [2.75, 3.05) is 25.6 Å². The second-order valence-electron chi connectivity index (χ2n) is 5.89. The summed E-state index contributed by atoms with van der Waals surface area (Å²) in [7, 11) is 0. The minimum Gasteiger partial charge on any atom is -0.304 e. The van der Waals surface area contributed by atoms with Gasteiger partial charge in [0.05, 0.1) is 23.2 Å². The number of aliphatic imine (C=N–C) groups is 2. The zero-order valence-electron chi connectivity index (χ0n) is 15.9. The molecule has 6 nitrogen and oxygen atoms in total. The van der Waals surface area contributed by atoms with Crippen molar-refractivity contribution in [2.24, 2.45) is 9.98 Å². The number of thiazole rings is 1. The van der Waals surface area contributed by atoms with Gasteiger partial charge in [0, 0.05) is 23.0 Å². The molecule has 1 aliphatic heterocycles. The highest BCUT2D eigenvalue weighted by Gasteiger charge is 2.10. The Hall–Kier alpha value is -2.31. The Morgan fingerprint density at radius 1 is 1.39 bits per heavy atom. The molecule has 0 radical (unpaired) electrons. The first-order valence-corrected chi connectivity index (χ1v) is 10.7. The predicted molar refractivity (Wildman–Crippen MR) is 122 cm³/mol. The fourth-order valence-corrected chi connectivity index (χ4v) is 3.88. The van der Waals surface area contributed by atoms with Gasteiger partial charge in [-0.25, -0.2) is 4.98 Å². The van der Waals surface area contributed by atoms with Gasteiger partial charge >= 0.3 is 0 Å². The fraction of sp³-hybridized carbons (Fsp3) is 0.300. The van der Waals surface area contributed by atoms with E-state index in [-0.39, 0.29) is 0 Å². The Morgan fingerprint density at radius 2 is 2.18 bits per heavy atom. The maximum atomic E-state index is 8.93. The molecular weight excluding hydrogens is 388 g/mol. The Labute approximate surface area is 174 Å². The van der Waals surface area contributed by atoms with E-state index in [0.717, 1.165) is 34.2 Å². The van der Waals surface area contributed by atoms with E-state index in [0.29, 0.717) is 11.4 Å². The van der Waals surface area contributed by atoms with Gasteiger partial charge in [0.25, 0.3) is 0 Å². The van der Waals surface area contributed by atoms with Crippen LogP contribution >= 0.6 is 23.1 Å². The summed E-state index contributed by atoms with van der Waals surface area (Å²) in [5, 5.41) is 20.0. The highest BCUT2D eigenvalue weighted by Crippen LogP contribution is 2.30. The number of nitrogens with one attached hydrogen (secondary N) is 2. The lowest BCUT2D eigenvalue weighted by atomic mass is 10.1. The molecule has 1 aliphatic rings. The maximum Gasteiger partial charge on any atom is 0.124 e. The van der Waals surface area contributed by atoms with E-state index >= 15 is 0 Å². The normalized spacial score (nSPS) is 13.8. The molecular formula is C20H24N6S2. The first-order valence-electron chi connectivity index (χ1n) is 8.79. The molecule has 1 aromatic heterocycles. The van der Waals surface area contributed by atoms with Gasteiger partial charge in [-0.1, -0.05) is 6.07 Å². The van der Waals surface area contributed by atoms with Gasteiger partial charge < -0.3 is 10.6 Å². The molecule has 2 aromatic rings. The van der Waals surface area contributed by atoms with E-state index in [1.807, 2.05) is 29.8 Å². The zero-order valence-corrected chi connectivity index (χ0v) is 17.6. The van der Waals surface area contributed by atoms with Crippen molar-refractivity contribution in [2.45, 2.75) is 13.3 Å². The number of aromatic nitrogens is 1. The van der Waals surface area contributed by atoms with Gasteiger partial charge in [-0.3, -0.25) is 9.98 Å². The van der Waals surface area contributed by atoms with E-state index in [9.17, 15) is 0 Å². The van der Waals surface area contributed by atoms with Crippen LogP contribution in [0, 0.1) is 18.3 Å². The molecule has 2 heterocycles. The van der Waals surface area contributed by atoms with Gasteiger partial charge in [-0.15, -0.1) is 23.1 Å². The summed E-state index contributed by atoms with van der Waals surface area (Å²) in [6.45, 7) is 12.4. The molecule has 0 atom stereocenters. The number of nitriles is 1. The molecule has 28 heavy (non-hydrogen) atoms. The van der Waals surface area contributed by atoms with Crippen molar-refractivity contribution in [1.29, 1.82) is 5.26 Å². The Balaban J connectivity index is 0.000000397. The number of nitrogens with zero attached hydrogens (tertiary/aromatic N) is 4. The fourth-order valence-electron chi connectivity index (χ4n) is 2.44. The topological polar surface area (TPSA) is 85.5 Å². The van der Waals surface area contributed by atoms with E-state index in [1.54, 1.807) is 17.4 Å². The average Bonchev–Trinajstić information content (AvgIpc) is 3.22. The van der Waals surface area contributed by atoms with Gasteiger partial charge in [0.2, 0.25) is 0 Å². The molecule has 3 rings (SSSR count). The SMILES string of the molecule is C1CNCNC1.C=NCS/C=C(\N=C)c1csc(-c2ccc(C#N)cc2C)n1. The smallest absolute Gasteiger partial charge is 0.124 e. The molecule has 146 valence electrons. The van der Waals surface area contributed by atoms with Gasteiger partial charge in [-0.05, 0) is 57.6 Å². The predicted octanol–water partition coefficient (Wildman–Crippen LogP) is 3.91. The van der Waals surface area contributed by atoms with Crippen molar-refractivity contribution in [1.82, 2.24) is 15.6 Å². The van der Waals surface area contributed by atoms with Gasteiger partial charge in [0.1, 0.15) is 10.7 Å². The van der Waals surface area contributed by atoms with E-state index in [1.165, 1.54) is 31.3 Å². The third-order valence-electron chi connectivity index (χ3n) is 3.84. The van der Waals surface area contributed by atoms with Crippen LogP contribution in [0.3, 0.4) is 0 Å². The van der Waals surface area contributed by atoms with Crippen LogP contribution in [0.4, 0.5) is 0 Å². The van der Waals surface area contributed by atoms with E-state index in [2.05, 4.69) is 45.1 Å². The van der Waals surface area contributed by atoms with Crippen molar-refractivity contribution in [3.8, 4) is 16.6 Å². The monoisotopic (exact) mass is 412 g/mol. The van der Waals surface area contributed by atoms with E-state index in [4.69, 9.17) is 5.26 Å². The van der Waals surface area contributed by atoms with Crippen LogP contribution in [0.5, 0.6) is 0 Å². The lowest BCUT2D eigenvalue weighted by Gasteiger charge is -2.11. The van der Waals surface area contributed by atoms with Crippen molar-refractivity contribution < 1.29 is 0 Å². The second kappa shape index (κ2) is 12.2. The molecule has 0 bridgehead atoms. The summed E-state index contributed by atoms with van der Waals surface area (Å²) in [5.74, 6) is 0.574. The largest absolute Gasteiger partial charge is 0.304 e. The average molecular weight is 413 g/mol. The third kappa shape index (κ3) is 6.69. The maximum absolute atomic E-state index is 8.93. The standard InChI is InChI=1S/C16H14N4S2.C4H10N2/c1-11-6-12(7-17)4-5-13(11)16-20-15(9-22-16)14(19-3)8-21-10-18-2;1-2-5-4-6-3-1/h4-6,8-9H,2-3,10H2,1H3;5-6H,1-4H2/b14-8-;. The summed E-state index contributed by atoms with van der Waals surface area (Å²) in [6, 6.07) is 7.74. The summed E-state index contributed by atoms with van der Waals surface area (Å²) >= 11 is 3.04. The number of hydrogen-bond acceptors (Lipinski definition) is 8. The molecule has 1 fully saturated rings. The molecule has 1 saturated heterocycles. The summed E-state index contributed by atoms with van der Waals surface area (Å²) in [6.07, 6.45) is 1.28. The molecule has 0 amide bonds. The van der Waals surface area contributed by atoms with Crippen molar-refractivity contribution >= 4 is 42.2 Å². The third-order valence-corrected chi connectivity index (χ3v) is 5.44. The Bertz CT molecular complexity index is 850. The van der Waals surface area contributed by atoms with Crippen molar-refractivity contribution in [3.05, 3.63) is 45.8 Å². The number of benzene rings is 1. The highest BCUT2D eigenvalue weighted by atomic mass is 32.2. The molecule has 0 saturated carbocycles. The van der Waals surface area contributed by atoms with Crippen LogP contribution in [0.15, 0.2) is 39.0 Å². The van der Waals surface area contributed by atoms with Crippen LogP contribution in [0.2, 0.25) is 0 Å². The molecule has 2 N–H and O–H groups in total. The number of rotatable bonds is 6. The van der Waals surface area contributed by atoms with Crippen LogP contribution < -0.4 is 10.6 Å².